The highest BCUT2D eigenvalue weighted by Crippen LogP contribution is 2.15. The first kappa shape index (κ1) is 50.3. The molecule has 0 aliphatic rings. The van der Waals surface area contributed by atoms with Crippen molar-refractivity contribution in [3.63, 3.8) is 0 Å². The predicted molar refractivity (Wildman–Crippen MR) is 231 cm³/mol. The first-order chi connectivity index (χ1) is 26.5. The van der Waals surface area contributed by atoms with E-state index in [1.165, 1.54) is 38.5 Å². The molecule has 0 aromatic carbocycles. The summed E-state index contributed by atoms with van der Waals surface area (Å²) in [6, 6.07) is -0.745. The van der Waals surface area contributed by atoms with Crippen LogP contribution in [0.15, 0.2) is 122 Å². The van der Waals surface area contributed by atoms with Crippen LogP contribution in [-0.4, -0.2) is 46.9 Å². The normalized spacial score (nSPS) is 14.7. The Kier molecular flexibility index (Phi) is 37.6. The van der Waals surface area contributed by atoms with Crippen LogP contribution in [0.2, 0.25) is 0 Å². The van der Waals surface area contributed by atoms with Crippen LogP contribution in [0.4, 0.5) is 0 Å². The predicted octanol–water partition coefficient (Wildman–Crippen LogP) is 11.8. The third kappa shape index (κ3) is 35.3. The number of carbonyl (C=O) groups excluding carboxylic acids is 2. The van der Waals surface area contributed by atoms with Crippen molar-refractivity contribution in [3.05, 3.63) is 122 Å². The summed E-state index contributed by atoms with van der Waals surface area (Å²) in [6.07, 6.45) is 55.5. The first-order valence-corrected chi connectivity index (χ1v) is 20.9. The van der Waals surface area contributed by atoms with E-state index in [-0.39, 0.29) is 31.3 Å². The minimum atomic E-state index is -0.824. The Morgan fingerprint density at radius 3 is 1.48 bits per heavy atom. The second-order valence-corrected chi connectivity index (χ2v) is 13.5. The van der Waals surface area contributed by atoms with E-state index in [0.717, 1.165) is 51.4 Å². The molecule has 6 heteroatoms. The van der Waals surface area contributed by atoms with Crippen LogP contribution in [0.1, 0.15) is 143 Å². The zero-order valence-corrected chi connectivity index (χ0v) is 34.0. The summed E-state index contributed by atoms with van der Waals surface area (Å²) in [7, 11) is 0. The van der Waals surface area contributed by atoms with Crippen molar-refractivity contribution in [2.75, 3.05) is 6.61 Å². The van der Waals surface area contributed by atoms with Gasteiger partial charge in [0, 0.05) is 6.42 Å². The Labute approximate surface area is 330 Å². The fourth-order valence-corrected chi connectivity index (χ4v) is 5.43. The third-order valence-electron chi connectivity index (χ3n) is 8.54. The van der Waals surface area contributed by atoms with Gasteiger partial charge in [0.1, 0.15) is 6.10 Å². The molecule has 3 unspecified atom stereocenters. The maximum atomic E-state index is 13.1. The number of amides is 1. The number of nitrogens with one attached hydrogen (secondary N) is 1. The van der Waals surface area contributed by atoms with Gasteiger partial charge in [-0.2, -0.15) is 0 Å². The van der Waals surface area contributed by atoms with Gasteiger partial charge in [-0.25, -0.2) is 0 Å². The van der Waals surface area contributed by atoms with Crippen LogP contribution in [0.3, 0.4) is 0 Å². The van der Waals surface area contributed by atoms with E-state index in [1.54, 1.807) is 0 Å². The number of rotatable bonds is 34. The molecule has 0 saturated heterocycles. The number of esters is 1. The molecule has 0 spiro atoms. The van der Waals surface area contributed by atoms with Crippen molar-refractivity contribution in [3.8, 4) is 0 Å². The lowest BCUT2D eigenvalue weighted by molar-refractivity contribution is -0.151. The summed E-state index contributed by atoms with van der Waals surface area (Å²) in [5, 5.41) is 23.5. The van der Waals surface area contributed by atoms with E-state index < -0.39 is 18.2 Å². The lowest BCUT2D eigenvalue weighted by Gasteiger charge is -2.24. The molecule has 0 aromatic heterocycles. The molecule has 0 aliphatic heterocycles. The van der Waals surface area contributed by atoms with Gasteiger partial charge in [0.05, 0.1) is 25.2 Å². The monoisotopic (exact) mass is 746 g/mol. The lowest BCUT2D eigenvalue weighted by atomic mass is 10.0. The standard InChI is InChI=1S/C48H75NO5/c1-4-7-10-13-16-19-21-23-25-28-30-33-36-39-44(54-48(53)41-38-35-32-29-26-24-22-20-17-14-11-8-5-2)42-47(52)49-45(43-50)46(51)40-37-34-31-27-18-15-12-9-6-3/h7-8,10-11,13-14,16-17,19-26,28-30,32,44-46,50-51H,4-6,9,12,15,18,27,31,33-43H2,1-3H3,(H,49,52)/b10-7+,11-8+,16-13+,17-14+,21-19-,22-20-,25-23-,26-24-,30-28+,32-29+. The Morgan fingerprint density at radius 1 is 0.556 bits per heavy atom. The molecule has 3 N–H and O–H groups in total. The summed E-state index contributed by atoms with van der Waals surface area (Å²) < 4.78 is 5.80. The van der Waals surface area contributed by atoms with E-state index in [0.29, 0.717) is 19.3 Å². The third-order valence-corrected chi connectivity index (χ3v) is 8.54. The van der Waals surface area contributed by atoms with Crippen LogP contribution in [0.5, 0.6) is 0 Å². The Morgan fingerprint density at radius 2 is 1.00 bits per heavy atom. The maximum Gasteiger partial charge on any atom is 0.306 e. The highest BCUT2D eigenvalue weighted by molar-refractivity contribution is 5.77. The molecule has 0 radical (unpaired) electrons. The van der Waals surface area contributed by atoms with Gasteiger partial charge in [0.25, 0.3) is 0 Å². The molecule has 0 fully saturated rings. The van der Waals surface area contributed by atoms with Gasteiger partial charge in [0.2, 0.25) is 5.91 Å². The van der Waals surface area contributed by atoms with Crippen molar-refractivity contribution >= 4 is 11.9 Å². The van der Waals surface area contributed by atoms with Gasteiger partial charge >= 0.3 is 5.97 Å². The van der Waals surface area contributed by atoms with Crippen LogP contribution >= 0.6 is 0 Å². The highest BCUT2D eigenvalue weighted by Gasteiger charge is 2.23. The first-order valence-electron chi connectivity index (χ1n) is 20.9. The molecule has 1 amide bonds. The van der Waals surface area contributed by atoms with Gasteiger partial charge in [-0.1, -0.05) is 200 Å². The quantitative estimate of drug-likeness (QED) is 0.0346. The maximum absolute atomic E-state index is 13.1. The molecule has 0 heterocycles. The topological polar surface area (TPSA) is 95.9 Å². The number of aliphatic hydroxyl groups is 2. The average molecular weight is 746 g/mol. The van der Waals surface area contributed by atoms with Crippen molar-refractivity contribution in [1.29, 1.82) is 0 Å². The van der Waals surface area contributed by atoms with Crippen LogP contribution < -0.4 is 5.32 Å². The van der Waals surface area contributed by atoms with Gasteiger partial charge in [-0.15, -0.1) is 0 Å². The van der Waals surface area contributed by atoms with Gasteiger partial charge in [-0.3, -0.25) is 9.59 Å². The van der Waals surface area contributed by atoms with Crippen molar-refractivity contribution < 1.29 is 24.5 Å². The number of hydrogen-bond donors (Lipinski definition) is 3. The molecule has 3 atom stereocenters. The Hall–Kier alpha value is -3.74. The summed E-state index contributed by atoms with van der Waals surface area (Å²) in [6.45, 7) is 6.09. The molecule has 6 nitrogen and oxygen atoms in total. The summed E-state index contributed by atoms with van der Waals surface area (Å²) in [5.74, 6) is -0.656. The zero-order valence-electron chi connectivity index (χ0n) is 34.0. The number of ether oxygens (including phenoxy) is 1. The summed E-state index contributed by atoms with van der Waals surface area (Å²) >= 11 is 0. The molecule has 0 bridgehead atoms. The largest absolute Gasteiger partial charge is 0.462 e. The Bertz CT molecular complexity index is 1200. The number of aliphatic hydroxyl groups excluding tert-OH is 2. The smallest absolute Gasteiger partial charge is 0.306 e. The fourth-order valence-electron chi connectivity index (χ4n) is 5.43. The second kappa shape index (κ2) is 40.4. The molecule has 0 rings (SSSR count). The van der Waals surface area contributed by atoms with Crippen molar-refractivity contribution in [2.45, 2.75) is 161 Å². The average Bonchev–Trinajstić information content (AvgIpc) is 3.16. The SMILES string of the molecule is CC/C=C/C=C/C=C\C=C/C=C/CCCC(=O)OC(CCC/C=C/C=C\C=C/C=C/C=C/CC)CC(=O)NC(CO)C(O)CCCCCCCCCCC. The number of carbonyl (C=O) groups is 2. The van der Waals surface area contributed by atoms with Gasteiger partial charge in [0.15, 0.2) is 0 Å². The highest BCUT2D eigenvalue weighted by atomic mass is 16.5. The van der Waals surface area contributed by atoms with E-state index >= 15 is 0 Å². The van der Waals surface area contributed by atoms with Crippen LogP contribution in [0.25, 0.3) is 0 Å². The zero-order chi connectivity index (χ0) is 39.6. The molecular formula is C48H75NO5. The van der Waals surface area contributed by atoms with Crippen LogP contribution in [-0.2, 0) is 14.3 Å². The summed E-state index contributed by atoms with van der Waals surface area (Å²) in [4.78, 5) is 25.8. The van der Waals surface area contributed by atoms with Crippen LogP contribution in [0, 0.1) is 0 Å². The molecule has 302 valence electrons. The minimum absolute atomic E-state index is 0.00927. The molecule has 0 aliphatic carbocycles. The van der Waals surface area contributed by atoms with Crippen molar-refractivity contribution in [1.82, 2.24) is 5.32 Å². The lowest BCUT2D eigenvalue weighted by Crippen LogP contribution is -2.46. The molecule has 54 heavy (non-hydrogen) atoms. The number of allylic oxidation sites excluding steroid dienone is 20. The van der Waals surface area contributed by atoms with Gasteiger partial charge in [-0.05, 0) is 51.4 Å². The fraction of sp³-hybridized carbons (Fsp3) is 0.542. The van der Waals surface area contributed by atoms with E-state index in [1.807, 2.05) is 103 Å². The second-order valence-electron chi connectivity index (χ2n) is 13.5. The molecular weight excluding hydrogens is 671 g/mol. The number of unbranched alkanes of at least 4 members (excludes halogenated alkanes) is 10. The van der Waals surface area contributed by atoms with E-state index in [2.05, 4.69) is 44.3 Å². The van der Waals surface area contributed by atoms with Gasteiger partial charge < -0.3 is 20.3 Å². The number of hydrogen-bond acceptors (Lipinski definition) is 5. The van der Waals surface area contributed by atoms with E-state index in [4.69, 9.17) is 4.74 Å². The minimum Gasteiger partial charge on any atom is -0.462 e. The Balaban J connectivity index is 4.94. The van der Waals surface area contributed by atoms with Crippen molar-refractivity contribution in [2.24, 2.45) is 0 Å². The van der Waals surface area contributed by atoms with E-state index in [9.17, 15) is 19.8 Å². The molecule has 0 saturated carbocycles. The molecule has 0 aromatic rings. The summed E-state index contributed by atoms with van der Waals surface area (Å²) in [5.41, 5.74) is 0.